The Labute approximate surface area is 152 Å². The Morgan fingerprint density at radius 1 is 1.32 bits per heavy atom. The lowest BCUT2D eigenvalue weighted by atomic mass is 10.1. The fourth-order valence-electron chi connectivity index (χ4n) is 2.73. The van der Waals surface area contributed by atoms with Gasteiger partial charge in [-0.1, -0.05) is 13.8 Å². The molecule has 2 aromatic rings. The van der Waals surface area contributed by atoms with Crippen LogP contribution in [0.15, 0.2) is 23.0 Å². The highest BCUT2D eigenvalue weighted by molar-refractivity contribution is 7.71. The zero-order valence-electron chi connectivity index (χ0n) is 15.3. The second kappa shape index (κ2) is 8.40. The number of hydrogen-bond acceptors (Lipinski definition) is 4. The van der Waals surface area contributed by atoms with Crippen LogP contribution in [-0.2, 0) is 6.54 Å². The van der Waals surface area contributed by atoms with Gasteiger partial charge in [-0.3, -0.25) is 14.2 Å². The summed E-state index contributed by atoms with van der Waals surface area (Å²) in [6.45, 7) is 11.2. The molecule has 0 aliphatic carbocycles. The van der Waals surface area contributed by atoms with E-state index in [1.807, 2.05) is 13.8 Å². The summed E-state index contributed by atoms with van der Waals surface area (Å²) in [6, 6.07) is 5.09. The Morgan fingerprint density at radius 2 is 2.00 bits per heavy atom. The van der Waals surface area contributed by atoms with E-state index in [2.05, 4.69) is 29.0 Å². The maximum absolute atomic E-state index is 12.8. The quantitative estimate of drug-likeness (QED) is 0.743. The Hall–Kier alpha value is -1.99. The van der Waals surface area contributed by atoms with Crippen LogP contribution in [0.4, 0.5) is 0 Å². The lowest BCUT2D eigenvalue weighted by Crippen LogP contribution is -2.32. The standard InChI is InChI=1S/C18H26N4O2S/c1-5-21(6-2)9-10-22-17(24)14-8-7-13(16(23)19-12(3)4)11-15(14)20-18(22)25/h7-8,11-12H,5-6,9-10H2,1-4H3,(H,19,23)(H,20,25). The molecule has 0 aliphatic heterocycles. The fraction of sp³-hybridized carbons (Fsp3) is 0.500. The van der Waals surface area contributed by atoms with E-state index in [1.54, 1.807) is 22.8 Å². The first-order valence-electron chi connectivity index (χ1n) is 8.67. The van der Waals surface area contributed by atoms with Crippen molar-refractivity contribution in [3.8, 4) is 0 Å². The van der Waals surface area contributed by atoms with Crippen LogP contribution in [-0.4, -0.2) is 46.0 Å². The van der Waals surface area contributed by atoms with Crippen LogP contribution in [0.1, 0.15) is 38.1 Å². The molecule has 0 atom stereocenters. The van der Waals surface area contributed by atoms with Crippen molar-refractivity contribution in [2.24, 2.45) is 0 Å². The number of amides is 1. The van der Waals surface area contributed by atoms with Gasteiger partial charge in [0.15, 0.2) is 4.77 Å². The van der Waals surface area contributed by atoms with Crippen molar-refractivity contribution in [3.63, 3.8) is 0 Å². The molecule has 0 fully saturated rings. The molecule has 1 aromatic heterocycles. The van der Waals surface area contributed by atoms with E-state index < -0.39 is 0 Å². The van der Waals surface area contributed by atoms with Gasteiger partial charge in [-0.2, -0.15) is 0 Å². The first kappa shape index (κ1) is 19.3. The Kier molecular flexibility index (Phi) is 6.50. The van der Waals surface area contributed by atoms with E-state index in [0.29, 0.717) is 27.8 Å². The highest BCUT2D eigenvalue weighted by atomic mass is 32.1. The highest BCUT2D eigenvalue weighted by Crippen LogP contribution is 2.11. The van der Waals surface area contributed by atoms with Gasteiger partial charge < -0.3 is 15.2 Å². The number of carbonyl (C=O) groups excluding carboxylic acids is 1. The predicted octanol–water partition coefficient (Wildman–Crippen LogP) is 2.54. The number of nitrogens with zero attached hydrogens (tertiary/aromatic N) is 2. The van der Waals surface area contributed by atoms with Gasteiger partial charge in [-0.25, -0.2) is 0 Å². The predicted molar refractivity (Wildman–Crippen MR) is 104 cm³/mol. The zero-order chi connectivity index (χ0) is 18.6. The summed E-state index contributed by atoms with van der Waals surface area (Å²) in [5, 5.41) is 3.38. The van der Waals surface area contributed by atoms with E-state index in [-0.39, 0.29) is 17.5 Å². The lowest BCUT2D eigenvalue weighted by molar-refractivity contribution is 0.0943. The third kappa shape index (κ3) is 4.55. The minimum atomic E-state index is -0.165. The summed E-state index contributed by atoms with van der Waals surface area (Å²) in [7, 11) is 0. The molecule has 2 N–H and O–H groups in total. The van der Waals surface area contributed by atoms with Crippen LogP contribution in [0.2, 0.25) is 0 Å². The van der Waals surface area contributed by atoms with Crippen molar-refractivity contribution in [1.29, 1.82) is 0 Å². The number of H-pyrrole nitrogens is 1. The minimum absolute atomic E-state index is 0.0507. The van der Waals surface area contributed by atoms with E-state index in [9.17, 15) is 9.59 Å². The normalized spacial score (nSPS) is 11.4. The summed E-state index contributed by atoms with van der Waals surface area (Å²) < 4.78 is 1.97. The summed E-state index contributed by atoms with van der Waals surface area (Å²) in [5.74, 6) is -0.165. The molecule has 0 saturated heterocycles. The smallest absolute Gasteiger partial charge is 0.262 e. The van der Waals surface area contributed by atoms with E-state index in [4.69, 9.17) is 12.2 Å². The topological polar surface area (TPSA) is 70.1 Å². The van der Waals surface area contributed by atoms with Crippen molar-refractivity contribution in [3.05, 3.63) is 38.9 Å². The molecule has 0 spiro atoms. The first-order valence-corrected chi connectivity index (χ1v) is 9.08. The number of benzene rings is 1. The number of hydrogen-bond donors (Lipinski definition) is 2. The van der Waals surface area contributed by atoms with Crippen LogP contribution in [0, 0.1) is 4.77 Å². The molecule has 6 nitrogen and oxygen atoms in total. The number of carbonyl (C=O) groups is 1. The van der Waals surface area contributed by atoms with Crippen molar-refractivity contribution < 1.29 is 4.79 Å². The monoisotopic (exact) mass is 362 g/mol. The van der Waals surface area contributed by atoms with Crippen molar-refractivity contribution >= 4 is 29.0 Å². The molecule has 136 valence electrons. The van der Waals surface area contributed by atoms with Gasteiger partial charge in [0.05, 0.1) is 10.9 Å². The van der Waals surface area contributed by atoms with Crippen LogP contribution in [0.5, 0.6) is 0 Å². The van der Waals surface area contributed by atoms with Gasteiger partial charge in [-0.15, -0.1) is 0 Å². The van der Waals surface area contributed by atoms with Crippen molar-refractivity contribution in [2.75, 3.05) is 19.6 Å². The average Bonchev–Trinajstić information content (AvgIpc) is 2.57. The van der Waals surface area contributed by atoms with Crippen LogP contribution >= 0.6 is 12.2 Å². The molecule has 0 unspecified atom stereocenters. The maximum atomic E-state index is 12.8. The van der Waals surface area contributed by atoms with Gasteiger partial charge in [0.2, 0.25) is 0 Å². The van der Waals surface area contributed by atoms with Gasteiger partial charge in [0.1, 0.15) is 0 Å². The number of likely N-dealkylation sites (N-methyl/N-ethyl adjacent to an activating group) is 1. The molecule has 25 heavy (non-hydrogen) atoms. The molecule has 1 heterocycles. The average molecular weight is 362 g/mol. The van der Waals surface area contributed by atoms with Crippen LogP contribution in [0.25, 0.3) is 10.9 Å². The summed E-state index contributed by atoms with van der Waals surface area (Å²) >= 11 is 5.36. The molecule has 0 aliphatic rings. The summed E-state index contributed by atoms with van der Waals surface area (Å²) in [5.41, 5.74) is 0.972. The minimum Gasteiger partial charge on any atom is -0.350 e. The van der Waals surface area contributed by atoms with E-state index >= 15 is 0 Å². The third-order valence-electron chi connectivity index (χ3n) is 4.20. The molecule has 0 bridgehead atoms. The molecule has 1 aromatic carbocycles. The zero-order valence-corrected chi connectivity index (χ0v) is 16.1. The maximum Gasteiger partial charge on any atom is 0.262 e. The molecule has 0 radical (unpaired) electrons. The number of aromatic nitrogens is 2. The number of aromatic amines is 1. The van der Waals surface area contributed by atoms with Crippen LogP contribution < -0.4 is 10.9 Å². The third-order valence-corrected chi connectivity index (χ3v) is 4.52. The second-order valence-corrected chi connectivity index (χ2v) is 6.69. The molecule has 1 amide bonds. The summed E-state index contributed by atoms with van der Waals surface area (Å²) in [6.07, 6.45) is 0. The van der Waals surface area contributed by atoms with Crippen molar-refractivity contribution in [1.82, 2.24) is 19.8 Å². The summed E-state index contributed by atoms with van der Waals surface area (Å²) in [4.78, 5) is 30.2. The molecular formula is C18H26N4O2S. The molecule has 0 saturated carbocycles. The van der Waals surface area contributed by atoms with Gasteiger partial charge in [0.25, 0.3) is 11.5 Å². The van der Waals surface area contributed by atoms with Gasteiger partial charge >= 0.3 is 0 Å². The fourth-order valence-corrected chi connectivity index (χ4v) is 3.01. The molecular weight excluding hydrogens is 336 g/mol. The number of fused-ring (bicyclic) bond motifs is 1. The van der Waals surface area contributed by atoms with E-state index in [0.717, 1.165) is 19.6 Å². The van der Waals surface area contributed by atoms with Crippen LogP contribution in [0.3, 0.4) is 0 Å². The SMILES string of the molecule is CCN(CC)CCn1c(=S)[nH]c2cc(C(=O)NC(C)C)ccc2c1=O. The van der Waals surface area contributed by atoms with Gasteiger partial charge in [-0.05, 0) is 57.4 Å². The molecule has 7 heteroatoms. The Bertz CT molecular complexity index is 865. The molecule has 2 rings (SSSR count). The Balaban J connectivity index is 2.38. The first-order chi connectivity index (χ1) is 11.9. The second-order valence-electron chi connectivity index (χ2n) is 6.30. The largest absolute Gasteiger partial charge is 0.350 e. The van der Waals surface area contributed by atoms with E-state index in [1.165, 1.54) is 0 Å². The number of rotatable bonds is 7. The number of nitrogens with one attached hydrogen (secondary N) is 2. The lowest BCUT2D eigenvalue weighted by Gasteiger charge is -2.18. The van der Waals surface area contributed by atoms with Gasteiger partial charge in [0, 0.05) is 24.7 Å². The Morgan fingerprint density at radius 3 is 2.60 bits per heavy atom. The highest BCUT2D eigenvalue weighted by Gasteiger charge is 2.11. The van der Waals surface area contributed by atoms with Crippen molar-refractivity contribution in [2.45, 2.75) is 40.3 Å².